The van der Waals surface area contributed by atoms with E-state index in [0.717, 1.165) is 4.90 Å². The van der Waals surface area contributed by atoms with E-state index in [1.165, 1.54) is 18.2 Å². The summed E-state index contributed by atoms with van der Waals surface area (Å²) in [6, 6.07) is 6.19. The van der Waals surface area contributed by atoms with E-state index < -0.39 is 12.7 Å². The summed E-state index contributed by atoms with van der Waals surface area (Å²) in [5.41, 5.74) is 0.641. The molecule has 0 aliphatic heterocycles. The third-order valence-corrected chi connectivity index (χ3v) is 2.83. The smallest absolute Gasteiger partial charge is 0.395 e. The first-order valence-corrected chi connectivity index (χ1v) is 5.79. The highest BCUT2D eigenvalue weighted by Crippen LogP contribution is 2.26. The first kappa shape index (κ1) is 14.8. The molecule has 1 N–H and O–H groups in total. The Kier molecular flexibility index (Phi) is 4.99. The Morgan fingerprint density at radius 2 is 2.06 bits per heavy atom. The average Bonchev–Trinajstić information content (AvgIpc) is 2.26. The van der Waals surface area contributed by atoms with Crippen LogP contribution in [0.4, 0.5) is 18.9 Å². The predicted octanol–water partition coefficient (Wildman–Crippen LogP) is 2.68. The van der Waals surface area contributed by atoms with Gasteiger partial charge in [0.1, 0.15) is 12.6 Å². The molecular formula is C11H10BrF3N2O. The molecule has 7 heteroatoms. The molecule has 0 aromatic heterocycles. The molecule has 0 heterocycles. The molecule has 0 atom stereocenters. The first-order chi connectivity index (χ1) is 8.37. The second-order valence-corrected chi connectivity index (χ2v) is 4.39. The Morgan fingerprint density at radius 1 is 1.39 bits per heavy atom. The molecular weight excluding hydrogens is 313 g/mol. The maximum Gasteiger partial charge on any atom is 0.405 e. The van der Waals surface area contributed by atoms with Crippen LogP contribution < -0.4 is 4.90 Å². The number of aliphatic hydroxyl groups excluding tert-OH is 1. The molecule has 0 fully saturated rings. The van der Waals surface area contributed by atoms with Gasteiger partial charge in [-0.05, 0) is 34.1 Å². The number of aliphatic hydroxyl groups is 1. The van der Waals surface area contributed by atoms with Gasteiger partial charge in [-0.1, -0.05) is 0 Å². The van der Waals surface area contributed by atoms with Gasteiger partial charge in [0, 0.05) is 16.7 Å². The second-order valence-electron chi connectivity index (χ2n) is 3.54. The Balaban J connectivity index is 2.99. The van der Waals surface area contributed by atoms with E-state index in [9.17, 15) is 13.2 Å². The zero-order valence-electron chi connectivity index (χ0n) is 9.21. The second kappa shape index (κ2) is 6.07. The van der Waals surface area contributed by atoms with Crippen LogP contribution in [-0.4, -0.2) is 31.0 Å². The van der Waals surface area contributed by atoms with E-state index in [-0.39, 0.29) is 13.2 Å². The zero-order chi connectivity index (χ0) is 13.8. The van der Waals surface area contributed by atoms with Crippen LogP contribution in [-0.2, 0) is 0 Å². The van der Waals surface area contributed by atoms with Gasteiger partial charge in [-0.3, -0.25) is 0 Å². The van der Waals surface area contributed by atoms with Crippen molar-refractivity contribution in [3.63, 3.8) is 0 Å². The minimum absolute atomic E-state index is 0.127. The van der Waals surface area contributed by atoms with Crippen molar-refractivity contribution in [3.05, 3.63) is 28.2 Å². The number of halogens is 4. The van der Waals surface area contributed by atoms with Gasteiger partial charge in [0.15, 0.2) is 0 Å². The summed E-state index contributed by atoms with van der Waals surface area (Å²) in [6.07, 6.45) is -4.35. The van der Waals surface area contributed by atoms with Gasteiger partial charge in [0.2, 0.25) is 0 Å². The number of hydrogen-bond acceptors (Lipinski definition) is 3. The van der Waals surface area contributed by atoms with Crippen LogP contribution in [0.3, 0.4) is 0 Å². The van der Waals surface area contributed by atoms with Gasteiger partial charge < -0.3 is 10.0 Å². The molecule has 0 bridgehead atoms. The molecule has 0 unspecified atom stereocenters. The van der Waals surface area contributed by atoms with E-state index in [1.807, 2.05) is 6.07 Å². The van der Waals surface area contributed by atoms with E-state index in [4.69, 9.17) is 10.4 Å². The lowest BCUT2D eigenvalue weighted by atomic mass is 10.2. The van der Waals surface area contributed by atoms with Gasteiger partial charge in [-0.25, -0.2) is 0 Å². The molecule has 0 spiro atoms. The fourth-order valence-electron chi connectivity index (χ4n) is 1.43. The molecule has 1 rings (SSSR count). The lowest BCUT2D eigenvalue weighted by molar-refractivity contribution is -0.119. The molecule has 0 saturated heterocycles. The number of anilines is 1. The highest BCUT2D eigenvalue weighted by Gasteiger charge is 2.30. The Hall–Kier alpha value is -1.26. The van der Waals surface area contributed by atoms with Crippen LogP contribution >= 0.6 is 15.9 Å². The molecule has 0 radical (unpaired) electrons. The molecule has 18 heavy (non-hydrogen) atoms. The quantitative estimate of drug-likeness (QED) is 0.927. The topological polar surface area (TPSA) is 47.3 Å². The fraction of sp³-hybridized carbons (Fsp3) is 0.364. The predicted molar refractivity (Wildman–Crippen MR) is 64.2 cm³/mol. The summed E-state index contributed by atoms with van der Waals surface area (Å²) in [5.74, 6) is 0. The summed E-state index contributed by atoms with van der Waals surface area (Å²) in [5, 5.41) is 17.5. The molecule has 0 aliphatic rings. The third kappa shape index (κ3) is 4.20. The van der Waals surface area contributed by atoms with Crippen molar-refractivity contribution in [2.75, 3.05) is 24.6 Å². The van der Waals surface area contributed by atoms with E-state index in [2.05, 4.69) is 15.9 Å². The summed E-state index contributed by atoms with van der Waals surface area (Å²) in [7, 11) is 0. The van der Waals surface area contributed by atoms with Gasteiger partial charge in [0.25, 0.3) is 0 Å². The zero-order valence-corrected chi connectivity index (χ0v) is 10.8. The lowest BCUT2D eigenvalue weighted by Gasteiger charge is -2.25. The van der Waals surface area contributed by atoms with Crippen molar-refractivity contribution < 1.29 is 18.3 Å². The Bertz CT molecular complexity index is 457. The van der Waals surface area contributed by atoms with Crippen molar-refractivity contribution in [3.8, 4) is 6.07 Å². The van der Waals surface area contributed by atoms with Gasteiger partial charge in [-0.15, -0.1) is 0 Å². The SMILES string of the molecule is N#Cc1ccc(N(CCO)CC(F)(F)F)cc1Br. The normalized spacial score (nSPS) is 11.1. The van der Waals surface area contributed by atoms with Crippen LogP contribution in [0.1, 0.15) is 5.56 Å². The highest BCUT2D eigenvalue weighted by atomic mass is 79.9. The summed E-state index contributed by atoms with van der Waals surface area (Å²) in [6.45, 7) is -1.66. The standard InChI is InChI=1S/C11H10BrF3N2O/c12-10-5-9(2-1-8(10)6-16)17(3-4-18)7-11(13,14)15/h1-2,5,18H,3-4,7H2. The van der Waals surface area contributed by atoms with Gasteiger partial charge >= 0.3 is 6.18 Å². The number of benzene rings is 1. The van der Waals surface area contributed by atoms with Crippen molar-refractivity contribution in [2.24, 2.45) is 0 Å². The molecule has 1 aromatic carbocycles. The minimum atomic E-state index is -4.35. The number of rotatable bonds is 4. The number of nitrogens with zero attached hydrogens (tertiary/aromatic N) is 2. The number of alkyl halides is 3. The molecule has 3 nitrogen and oxygen atoms in total. The molecule has 0 amide bonds. The highest BCUT2D eigenvalue weighted by molar-refractivity contribution is 9.10. The van der Waals surface area contributed by atoms with E-state index in [1.54, 1.807) is 0 Å². The molecule has 1 aromatic rings. The number of hydrogen-bond donors (Lipinski definition) is 1. The maximum atomic E-state index is 12.4. The molecule has 0 aliphatic carbocycles. The van der Waals surface area contributed by atoms with Crippen LogP contribution in [0.25, 0.3) is 0 Å². The van der Waals surface area contributed by atoms with Crippen molar-refractivity contribution in [1.82, 2.24) is 0 Å². The van der Waals surface area contributed by atoms with E-state index in [0.29, 0.717) is 15.7 Å². The largest absolute Gasteiger partial charge is 0.405 e. The monoisotopic (exact) mass is 322 g/mol. The average molecular weight is 323 g/mol. The first-order valence-electron chi connectivity index (χ1n) is 4.99. The summed E-state index contributed by atoms with van der Waals surface area (Å²) in [4.78, 5) is 1.01. The summed E-state index contributed by atoms with van der Waals surface area (Å²) < 4.78 is 37.5. The van der Waals surface area contributed by atoms with Gasteiger partial charge in [-0.2, -0.15) is 18.4 Å². The minimum Gasteiger partial charge on any atom is -0.395 e. The lowest BCUT2D eigenvalue weighted by Crippen LogP contribution is -2.36. The van der Waals surface area contributed by atoms with Crippen LogP contribution in [0.2, 0.25) is 0 Å². The van der Waals surface area contributed by atoms with Crippen molar-refractivity contribution in [2.45, 2.75) is 6.18 Å². The van der Waals surface area contributed by atoms with Crippen LogP contribution in [0.5, 0.6) is 0 Å². The van der Waals surface area contributed by atoms with Crippen molar-refractivity contribution in [1.29, 1.82) is 5.26 Å². The van der Waals surface area contributed by atoms with Crippen LogP contribution in [0.15, 0.2) is 22.7 Å². The molecule has 98 valence electrons. The number of nitriles is 1. The Morgan fingerprint density at radius 3 is 2.50 bits per heavy atom. The van der Waals surface area contributed by atoms with Crippen LogP contribution in [0, 0.1) is 11.3 Å². The Labute approximate surface area is 111 Å². The summed E-state index contributed by atoms with van der Waals surface area (Å²) >= 11 is 3.11. The van der Waals surface area contributed by atoms with E-state index >= 15 is 0 Å². The van der Waals surface area contributed by atoms with Crippen molar-refractivity contribution >= 4 is 21.6 Å². The van der Waals surface area contributed by atoms with Gasteiger partial charge in [0.05, 0.1) is 12.2 Å². The molecule has 0 saturated carbocycles. The third-order valence-electron chi connectivity index (χ3n) is 2.18. The fourth-order valence-corrected chi connectivity index (χ4v) is 1.88. The maximum absolute atomic E-state index is 12.4.